The Morgan fingerprint density at radius 2 is 1.69 bits per heavy atom. The van der Waals surface area contributed by atoms with E-state index in [0.29, 0.717) is 11.8 Å². The molecule has 0 aliphatic heterocycles. The number of fused-ring (bicyclic) bond motifs is 1. The molecule has 162 valence electrons. The van der Waals surface area contributed by atoms with Gasteiger partial charge < -0.3 is 5.32 Å². The average Bonchev–Trinajstić information content (AvgIpc) is 2.82. The number of carbonyl (C=O) groups is 1. The zero-order valence-corrected chi connectivity index (χ0v) is 18.1. The molecule has 0 aliphatic rings. The first-order valence-corrected chi connectivity index (χ1v) is 10.8. The molecule has 1 N–H and O–H groups in total. The number of pyridine rings is 1. The van der Waals surface area contributed by atoms with E-state index in [1.165, 1.54) is 10.2 Å². The molecule has 0 bridgehead atoms. The Morgan fingerprint density at radius 1 is 0.969 bits per heavy atom. The lowest BCUT2D eigenvalue weighted by Gasteiger charge is -2.15. The van der Waals surface area contributed by atoms with Crippen LogP contribution in [0.25, 0.3) is 10.8 Å². The third-order valence-corrected chi connectivity index (χ3v) is 5.45. The van der Waals surface area contributed by atoms with Gasteiger partial charge in [0.1, 0.15) is 6.54 Å². The Balaban J connectivity index is 1.50. The predicted octanol–water partition coefficient (Wildman–Crippen LogP) is 3.52. The Morgan fingerprint density at radius 3 is 2.44 bits per heavy atom. The maximum Gasteiger partial charge on any atom is 0.275 e. The SMILES string of the molecule is C[C@@H](CCc1ccccc1)NC(=O)Cn1nc(Cc2cccnc2)c2ccccc2c1=O. The van der Waals surface area contributed by atoms with Crippen molar-refractivity contribution < 1.29 is 4.79 Å². The lowest BCUT2D eigenvalue weighted by Crippen LogP contribution is -2.38. The van der Waals surface area contributed by atoms with Gasteiger partial charge in [-0.1, -0.05) is 54.6 Å². The Kier molecular flexibility index (Phi) is 6.70. The van der Waals surface area contributed by atoms with Crippen molar-refractivity contribution in [3.05, 3.63) is 106 Å². The van der Waals surface area contributed by atoms with Crippen LogP contribution in [0.5, 0.6) is 0 Å². The zero-order valence-electron chi connectivity index (χ0n) is 18.1. The second kappa shape index (κ2) is 10.0. The number of rotatable bonds is 8. The first-order valence-electron chi connectivity index (χ1n) is 10.8. The summed E-state index contributed by atoms with van der Waals surface area (Å²) in [4.78, 5) is 29.8. The van der Waals surface area contributed by atoms with Gasteiger partial charge in [-0.05, 0) is 43.0 Å². The number of carbonyl (C=O) groups excluding carboxylic acids is 1. The highest BCUT2D eigenvalue weighted by atomic mass is 16.2. The molecule has 0 unspecified atom stereocenters. The highest BCUT2D eigenvalue weighted by molar-refractivity contribution is 5.84. The van der Waals surface area contributed by atoms with Crippen molar-refractivity contribution in [1.82, 2.24) is 20.1 Å². The standard InChI is InChI=1S/C26H26N4O2/c1-19(13-14-20-8-3-2-4-9-20)28-25(31)18-30-26(32)23-12-6-5-11-22(23)24(29-30)16-21-10-7-15-27-17-21/h2-12,15,17,19H,13-14,16,18H2,1H3,(H,28,31)/t19-/m0/s1. The summed E-state index contributed by atoms with van der Waals surface area (Å²) < 4.78 is 1.27. The molecule has 2 aromatic carbocycles. The van der Waals surface area contributed by atoms with Crippen molar-refractivity contribution in [3.8, 4) is 0 Å². The van der Waals surface area contributed by atoms with Crippen molar-refractivity contribution in [3.63, 3.8) is 0 Å². The van der Waals surface area contributed by atoms with E-state index in [-0.39, 0.29) is 24.1 Å². The van der Waals surface area contributed by atoms with Gasteiger partial charge in [0.05, 0.1) is 11.1 Å². The minimum absolute atomic E-state index is 0.00581. The largest absolute Gasteiger partial charge is 0.352 e. The average molecular weight is 427 g/mol. The highest BCUT2D eigenvalue weighted by Gasteiger charge is 2.15. The topological polar surface area (TPSA) is 76.9 Å². The zero-order chi connectivity index (χ0) is 22.3. The van der Waals surface area contributed by atoms with Crippen LogP contribution in [0.3, 0.4) is 0 Å². The third-order valence-electron chi connectivity index (χ3n) is 5.45. The highest BCUT2D eigenvalue weighted by Crippen LogP contribution is 2.16. The summed E-state index contributed by atoms with van der Waals surface area (Å²) in [5.41, 5.74) is 2.72. The number of nitrogens with one attached hydrogen (secondary N) is 1. The summed E-state index contributed by atoms with van der Waals surface area (Å²) in [6, 6.07) is 21.4. The van der Waals surface area contributed by atoms with Gasteiger partial charge in [0.25, 0.3) is 5.56 Å². The number of benzene rings is 2. The summed E-state index contributed by atoms with van der Waals surface area (Å²) in [6.07, 6.45) is 5.74. The van der Waals surface area contributed by atoms with Gasteiger partial charge in [-0.25, -0.2) is 4.68 Å². The molecule has 32 heavy (non-hydrogen) atoms. The first kappa shape index (κ1) is 21.4. The second-order valence-corrected chi connectivity index (χ2v) is 7.99. The summed E-state index contributed by atoms with van der Waals surface area (Å²) in [6.45, 7) is 1.87. The van der Waals surface area contributed by atoms with Crippen LogP contribution in [0.15, 0.2) is 83.9 Å². The van der Waals surface area contributed by atoms with Crippen molar-refractivity contribution in [2.24, 2.45) is 0 Å². The molecule has 1 amide bonds. The quantitative estimate of drug-likeness (QED) is 0.468. The molecule has 0 aliphatic carbocycles. The summed E-state index contributed by atoms with van der Waals surface area (Å²) >= 11 is 0. The number of amides is 1. The van der Waals surface area contributed by atoms with Crippen LogP contribution in [0.4, 0.5) is 0 Å². The molecule has 6 heteroatoms. The van der Waals surface area contributed by atoms with Crippen molar-refractivity contribution in [1.29, 1.82) is 0 Å². The minimum atomic E-state index is -0.261. The van der Waals surface area contributed by atoms with Crippen LogP contribution in [0.1, 0.15) is 30.2 Å². The molecular weight excluding hydrogens is 400 g/mol. The molecule has 0 spiro atoms. The lowest BCUT2D eigenvalue weighted by atomic mass is 10.1. The van der Waals surface area contributed by atoms with Crippen LogP contribution in [0.2, 0.25) is 0 Å². The number of nitrogens with zero attached hydrogens (tertiary/aromatic N) is 3. The van der Waals surface area contributed by atoms with Gasteiger partial charge in [0, 0.05) is 30.2 Å². The Labute approximate surface area is 186 Å². The van der Waals surface area contributed by atoms with Crippen LogP contribution in [0, 0.1) is 0 Å². The molecule has 2 aromatic heterocycles. The predicted molar refractivity (Wildman–Crippen MR) is 125 cm³/mol. The van der Waals surface area contributed by atoms with Gasteiger partial charge >= 0.3 is 0 Å². The molecule has 0 fully saturated rings. The Bertz CT molecular complexity index is 1250. The normalized spacial score (nSPS) is 11.9. The fourth-order valence-electron chi connectivity index (χ4n) is 3.80. The molecule has 0 saturated carbocycles. The second-order valence-electron chi connectivity index (χ2n) is 7.99. The molecule has 2 heterocycles. The molecule has 0 radical (unpaired) electrons. The van der Waals surface area contributed by atoms with E-state index in [4.69, 9.17) is 0 Å². The first-order chi connectivity index (χ1) is 15.6. The van der Waals surface area contributed by atoms with Crippen molar-refractivity contribution in [2.45, 2.75) is 38.8 Å². The van der Waals surface area contributed by atoms with Gasteiger partial charge in [-0.3, -0.25) is 14.6 Å². The smallest absolute Gasteiger partial charge is 0.275 e. The van der Waals surface area contributed by atoms with Gasteiger partial charge in [-0.15, -0.1) is 0 Å². The number of hydrogen-bond acceptors (Lipinski definition) is 4. The van der Waals surface area contributed by atoms with Crippen LogP contribution in [-0.4, -0.2) is 26.7 Å². The number of hydrogen-bond donors (Lipinski definition) is 1. The van der Waals surface area contributed by atoms with Gasteiger partial charge in [0.15, 0.2) is 0 Å². The maximum atomic E-state index is 13.0. The van der Waals surface area contributed by atoms with E-state index in [1.807, 2.05) is 55.5 Å². The van der Waals surface area contributed by atoms with Crippen LogP contribution < -0.4 is 10.9 Å². The third kappa shape index (κ3) is 5.27. The molecular formula is C26H26N4O2. The van der Waals surface area contributed by atoms with E-state index in [9.17, 15) is 9.59 Å². The van der Waals surface area contributed by atoms with E-state index in [0.717, 1.165) is 29.5 Å². The van der Waals surface area contributed by atoms with E-state index in [1.54, 1.807) is 18.5 Å². The van der Waals surface area contributed by atoms with Crippen LogP contribution >= 0.6 is 0 Å². The van der Waals surface area contributed by atoms with E-state index >= 15 is 0 Å². The monoisotopic (exact) mass is 426 g/mol. The molecule has 1 atom stereocenters. The summed E-state index contributed by atoms with van der Waals surface area (Å²) in [5, 5.41) is 8.91. The molecule has 6 nitrogen and oxygen atoms in total. The number of aryl methyl sites for hydroxylation is 1. The lowest BCUT2D eigenvalue weighted by molar-refractivity contribution is -0.122. The van der Waals surface area contributed by atoms with Crippen molar-refractivity contribution in [2.75, 3.05) is 0 Å². The van der Waals surface area contributed by atoms with E-state index in [2.05, 4.69) is 27.5 Å². The van der Waals surface area contributed by atoms with Crippen molar-refractivity contribution >= 4 is 16.7 Å². The maximum absolute atomic E-state index is 13.0. The summed E-state index contributed by atoms with van der Waals surface area (Å²) in [7, 11) is 0. The Hall–Kier alpha value is -3.80. The molecule has 0 saturated heterocycles. The fraction of sp³-hybridized carbons (Fsp3) is 0.231. The molecule has 4 rings (SSSR count). The molecule has 4 aromatic rings. The fourth-order valence-corrected chi connectivity index (χ4v) is 3.80. The number of aromatic nitrogens is 3. The van der Waals surface area contributed by atoms with Crippen LogP contribution in [-0.2, 0) is 24.2 Å². The minimum Gasteiger partial charge on any atom is -0.352 e. The summed E-state index contributed by atoms with van der Waals surface area (Å²) in [5.74, 6) is -0.220. The van der Waals surface area contributed by atoms with Gasteiger partial charge in [-0.2, -0.15) is 5.10 Å². The van der Waals surface area contributed by atoms with E-state index < -0.39 is 0 Å². The van der Waals surface area contributed by atoms with Gasteiger partial charge in [0.2, 0.25) is 5.91 Å².